The lowest BCUT2D eigenvalue weighted by atomic mass is 10.0. The van der Waals surface area contributed by atoms with Gasteiger partial charge < -0.3 is 15.4 Å². The largest absolute Gasteiger partial charge is 0.378 e. The minimum atomic E-state index is -1.27. The summed E-state index contributed by atoms with van der Waals surface area (Å²) in [7, 11) is 0. The monoisotopic (exact) mass is 363 g/mol. The Hall–Kier alpha value is -2.63. The van der Waals surface area contributed by atoms with Gasteiger partial charge in [-0.05, 0) is 24.5 Å². The van der Waals surface area contributed by atoms with Gasteiger partial charge in [0.05, 0.1) is 0 Å². The lowest BCUT2D eigenvalue weighted by Gasteiger charge is -2.33. The molecule has 5 heteroatoms. The number of rotatable bonds is 5. The van der Waals surface area contributed by atoms with Crippen molar-refractivity contribution in [1.29, 1.82) is 0 Å². The number of hydrogen-bond donors (Lipinski definition) is 2. The molecule has 4 rings (SSSR count). The number of hydrogen-bond acceptors (Lipinski definition) is 3. The first-order chi connectivity index (χ1) is 13.1. The molecular formula is C22H25N3O2. The van der Waals surface area contributed by atoms with E-state index in [-0.39, 0.29) is 0 Å². The predicted molar refractivity (Wildman–Crippen MR) is 106 cm³/mol. The second-order valence-electron chi connectivity index (χ2n) is 7.31. The van der Waals surface area contributed by atoms with Crippen LogP contribution in [0.2, 0.25) is 0 Å². The number of nitrogens with two attached hydrogens (primary N) is 1. The van der Waals surface area contributed by atoms with Crippen LogP contribution < -0.4 is 5.73 Å². The van der Waals surface area contributed by atoms with Crippen LogP contribution in [-0.4, -0.2) is 33.6 Å². The maximum atomic E-state index is 11.5. The van der Waals surface area contributed by atoms with E-state index in [4.69, 9.17) is 5.73 Å². The summed E-state index contributed by atoms with van der Waals surface area (Å²) in [5.74, 6) is -0.712. The van der Waals surface area contributed by atoms with Crippen molar-refractivity contribution in [1.82, 2.24) is 9.47 Å². The van der Waals surface area contributed by atoms with Gasteiger partial charge in [0, 0.05) is 48.3 Å². The molecule has 0 saturated carbocycles. The molecule has 1 amide bonds. The molecule has 1 atom stereocenters. The Kier molecular flexibility index (Phi) is 4.97. The molecule has 1 aliphatic heterocycles. The Morgan fingerprint density at radius 3 is 2.44 bits per heavy atom. The number of amides is 1. The van der Waals surface area contributed by atoms with Gasteiger partial charge in [0.1, 0.15) is 0 Å². The third-order valence-corrected chi connectivity index (χ3v) is 5.53. The molecule has 3 aromatic rings. The van der Waals surface area contributed by atoms with Crippen molar-refractivity contribution in [2.75, 3.05) is 13.1 Å². The first-order valence-corrected chi connectivity index (χ1v) is 9.46. The van der Waals surface area contributed by atoms with Gasteiger partial charge in [-0.2, -0.15) is 0 Å². The number of fused-ring (bicyclic) bond motifs is 1. The summed E-state index contributed by atoms with van der Waals surface area (Å²) in [6.45, 7) is 3.03. The summed E-state index contributed by atoms with van der Waals surface area (Å²) >= 11 is 0. The number of benzene rings is 2. The number of aliphatic hydroxyl groups excluding tert-OH is 1. The molecule has 5 nitrogen and oxygen atoms in total. The van der Waals surface area contributed by atoms with Crippen molar-refractivity contribution < 1.29 is 9.90 Å². The number of primary amides is 1. The summed E-state index contributed by atoms with van der Waals surface area (Å²) in [4.78, 5) is 14.0. The third-order valence-electron chi connectivity index (χ3n) is 5.53. The van der Waals surface area contributed by atoms with Crippen LogP contribution >= 0.6 is 0 Å². The summed E-state index contributed by atoms with van der Waals surface area (Å²) < 4.78 is 2.22. The van der Waals surface area contributed by atoms with Gasteiger partial charge >= 0.3 is 0 Å². The van der Waals surface area contributed by atoms with Crippen LogP contribution in [0.3, 0.4) is 0 Å². The fraction of sp³-hybridized carbons (Fsp3) is 0.318. The van der Waals surface area contributed by atoms with Gasteiger partial charge in [0.2, 0.25) is 0 Å². The zero-order valence-corrected chi connectivity index (χ0v) is 15.3. The fourth-order valence-corrected chi connectivity index (χ4v) is 4.10. The normalized spacial score (nSPS) is 17.2. The van der Waals surface area contributed by atoms with Crippen LogP contribution in [0.5, 0.6) is 0 Å². The first kappa shape index (κ1) is 17.8. The Labute approximate surface area is 159 Å². The molecule has 0 bridgehead atoms. The Morgan fingerprint density at radius 2 is 1.74 bits per heavy atom. The number of piperidine rings is 1. The second-order valence-corrected chi connectivity index (χ2v) is 7.31. The number of carbonyl (C=O) groups excluding carboxylic acids is 1. The molecule has 2 aromatic carbocycles. The van der Waals surface area contributed by atoms with Crippen molar-refractivity contribution in [3.8, 4) is 0 Å². The molecule has 1 unspecified atom stereocenters. The molecule has 3 N–H and O–H groups in total. The van der Waals surface area contributed by atoms with Crippen molar-refractivity contribution in [3.05, 3.63) is 71.9 Å². The Bertz CT molecular complexity index is 927. The molecule has 0 spiro atoms. The molecule has 1 aromatic heterocycles. The van der Waals surface area contributed by atoms with Crippen LogP contribution in [0.25, 0.3) is 10.9 Å². The number of aromatic nitrogens is 1. The van der Waals surface area contributed by atoms with Crippen molar-refractivity contribution in [2.24, 2.45) is 5.73 Å². The SMILES string of the molecule is NC(=O)C(O)c1cn(C2CCN(Cc3ccccc3)CC2)c2ccccc12. The lowest BCUT2D eigenvalue weighted by Crippen LogP contribution is -2.34. The van der Waals surface area contributed by atoms with Crippen molar-refractivity contribution in [2.45, 2.75) is 31.5 Å². The van der Waals surface area contributed by atoms with Crippen LogP contribution in [0.15, 0.2) is 60.8 Å². The highest BCUT2D eigenvalue weighted by Gasteiger charge is 2.25. The minimum absolute atomic E-state index is 0.357. The number of para-hydroxylation sites is 1. The van der Waals surface area contributed by atoms with Crippen LogP contribution in [0, 0.1) is 0 Å². The fourth-order valence-electron chi connectivity index (χ4n) is 4.10. The molecule has 1 fully saturated rings. The Balaban J connectivity index is 1.53. The van der Waals surface area contributed by atoms with E-state index in [1.165, 1.54) is 5.56 Å². The third kappa shape index (κ3) is 3.61. The maximum Gasteiger partial charge on any atom is 0.250 e. The molecule has 1 aliphatic rings. The lowest BCUT2D eigenvalue weighted by molar-refractivity contribution is -0.126. The topological polar surface area (TPSA) is 71.5 Å². The van der Waals surface area contributed by atoms with Gasteiger partial charge in [0.15, 0.2) is 6.10 Å². The average molecular weight is 363 g/mol. The van der Waals surface area contributed by atoms with E-state index in [1.54, 1.807) is 0 Å². The van der Waals surface area contributed by atoms with E-state index in [2.05, 4.69) is 33.7 Å². The maximum absolute atomic E-state index is 11.5. The van der Waals surface area contributed by atoms with E-state index in [1.807, 2.05) is 36.5 Å². The molecule has 27 heavy (non-hydrogen) atoms. The molecule has 0 radical (unpaired) electrons. The summed E-state index contributed by atoms with van der Waals surface area (Å²) in [6, 6.07) is 18.8. The number of carbonyl (C=O) groups is 1. The van der Waals surface area contributed by atoms with Gasteiger partial charge in [-0.1, -0.05) is 48.5 Å². The highest BCUT2D eigenvalue weighted by atomic mass is 16.3. The minimum Gasteiger partial charge on any atom is -0.378 e. The standard InChI is InChI=1S/C22H25N3O2/c23-22(27)21(26)19-15-25(20-9-5-4-8-18(19)20)17-10-12-24(13-11-17)14-16-6-2-1-3-7-16/h1-9,15,17,21,26H,10-14H2,(H2,23,27). The smallest absolute Gasteiger partial charge is 0.250 e. The van der Waals surface area contributed by atoms with E-state index in [9.17, 15) is 9.90 Å². The molecule has 140 valence electrons. The zero-order valence-electron chi connectivity index (χ0n) is 15.3. The van der Waals surface area contributed by atoms with E-state index >= 15 is 0 Å². The predicted octanol–water partition coefficient (Wildman–Crippen LogP) is 3.00. The van der Waals surface area contributed by atoms with Gasteiger partial charge in [-0.3, -0.25) is 9.69 Å². The second kappa shape index (κ2) is 7.55. The van der Waals surface area contributed by atoms with Gasteiger partial charge in [-0.25, -0.2) is 0 Å². The molecule has 0 aliphatic carbocycles. The van der Waals surface area contributed by atoms with Crippen molar-refractivity contribution >= 4 is 16.8 Å². The molecule has 2 heterocycles. The van der Waals surface area contributed by atoms with Crippen LogP contribution in [0.4, 0.5) is 0 Å². The van der Waals surface area contributed by atoms with E-state index < -0.39 is 12.0 Å². The summed E-state index contributed by atoms with van der Waals surface area (Å²) in [6.07, 6.45) is 2.72. The highest BCUT2D eigenvalue weighted by Crippen LogP contribution is 2.33. The number of nitrogens with zero attached hydrogens (tertiary/aromatic N) is 2. The van der Waals surface area contributed by atoms with E-state index in [0.717, 1.165) is 43.4 Å². The summed E-state index contributed by atoms with van der Waals surface area (Å²) in [5.41, 5.74) is 8.33. The van der Waals surface area contributed by atoms with Crippen LogP contribution in [-0.2, 0) is 11.3 Å². The number of aliphatic hydroxyl groups is 1. The average Bonchev–Trinajstić information content (AvgIpc) is 3.08. The molecule has 1 saturated heterocycles. The highest BCUT2D eigenvalue weighted by molar-refractivity contribution is 5.90. The van der Waals surface area contributed by atoms with Crippen LogP contribution in [0.1, 0.15) is 36.1 Å². The van der Waals surface area contributed by atoms with E-state index in [0.29, 0.717) is 11.6 Å². The first-order valence-electron chi connectivity index (χ1n) is 9.46. The van der Waals surface area contributed by atoms with Gasteiger partial charge in [0.25, 0.3) is 5.91 Å². The zero-order chi connectivity index (χ0) is 18.8. The van der Waals surface area contributed by atoms with Gasteiger partial charge in [-0.15, -0.1) is 0 Å². The quantitative estimate of drug-likeness (QED) is 0.732. The summed E-state index contributed by atoms with van der Waals surface area (Å²) in [5, 5.41) is 11.1. The Morgan fingerprint density at radius 1 is 1.07 bits per heavy atom. The number of likely N-dealkylation sites (tertiary alicyclic amines) is 1. The molecular weight excluding hydrogens is 338 g/mol. The van der Waals surface area contributed by atoms with Crippen molar-refractivity contribution in [3.63, 3.8) is 0 Å².